The van der Waals surface area contributed by atoms with Crippen LogP contribution in [0, 0.1) is 0 Å². The Labute approximate surface area is 115 Å². The van der Waals surface area contributed by atoms with Crippen LogP contribution in [0.25, 0.3) is 0 Å². The molecule has 5 N–H and O–H groups in total. The highest BCUT2D eigenvalue weighted by Crippen LogP contribution is 2.29. The number of para-hydroxylation sites is 1. The third kappa shape index (κ3) is 3.51. The van der Waals surface area contributed by atoms with Gasteiger partial charge in [-0.25, -0.2) is 4.99 Å². The number of rotatable bonds is 2. The number of nitrogens with one attached hydrogen (secondary N) is 1. The van der Waals surface area contributed by atoms with Crippen molar-refractivity contribution in [3.63, 3.8) is 0 Å². The lowest BCUT2D eigenvalue weighted by Gasteiger charge is -2.09. The summed E-state index contributed by atoms with van der Waals surface area (Å²) in [5.41, 5.74) is 11.8. The van der Waals surface area contributed by atoms with Crippen LogP contribution in [0.1, 0.15) is 12.8 Å². The quantitative estimate of drug-likeness (QED) is 0.575. The third-order valence-electron chi connectivity index (χ3n) is 2.31. The van der Waals surface area contributed by atoms with E-state index >= 15 is 0 Å². The molecule has 1 aromatic carbocycles. The number of aliphatic imine (C=N–C) groups is 2. The average Bonchev–Trinajstić information content (AvgIpc) is 3.07. The van der Waals surface area contributed by atoms with E-state index in [9.17, 15) is 0 Å². The number of halogens is 2. The van der Waals surface area contributed by atoms with Crippen LogP contribution in [0.4, 0.5) is 5.69 Å². The number of benzene rings is 1. The molecular formula is C11H13Cl2N5. The van der Waals surface area contributed by atoms with E-state index in [0.29, 0.717) is 21.8 Å². The molecule has 2 rings (SSSR count). The average molecular weight is 286 g/mol. The zero-order valence-electron chi connectivity index (χ0n) is 9.53. The fourth-order valence-corrected chi connectivity index (χ4v) is 1.81. The number of anilines is 1. The van der Waals surface area contributed by atoms with Gasteiger partial charge in [-0.1, -0.05) is 29.3 Å². The first-order chi connectivity index (χ1) is 8.56. The number of guanidine groups is 2. The molecule has 18 heavy (non-hydrogen) atoms. The van der Waals surface area contributed by atoms with Crippen LogP contribution >= 0.6 is 23.2 Å². The minimum absolute atomic E-state index is 0.104. The van der Waals surface area contributed by atoms with Gasteiger partial charge in [-0.05, 0) is 25.0 Å². The lowest BCUT2D eigenvalue weighted by molar-refractivity contribution is 1.05. The van der Waals surface area contributed by atoms with Crippen molar-refractivity contribution < 1.29 is 0 Å². The fraction of sp³-hybridized carbons (Fsp3) is 0.273. The van der Waals surface area contributed by atoms with E-state index in [-0.39, 0.29) is 11.9 Å². The molecule has 5 nitrogen and oxygen atoms in total. The van der Waals surface area contributed by atoms with Crippen molar-refractivity contribution in [3.8, 4) is 0 Å². The number of nitrogens with zero attached hydrogens (tertiary/aromatic N) is 2. The number of hydrogen-bond acceptors (Lipinski definition) is 1. The Kier molecular flexibility index (Phi) is 3.93. The maximum atomic E-state index is 5.99. The fourth-order valence-electron chi connectivity index (χ4n) is 1.32. The van der Waals surface area contributed by atoms with Crippen molar-refractivity contribution in [1.82, 2.24) is 0 Å². The maximum absolute atomic E-state index is 5.99. The van der Waals surface area contributed by atoms with Gasteiger partial charge >= 0.3 is 0 Å². The van der Waals surface area contributed by atoms with Crippen molar-refractivity contribution in [3.05, 3.63) is 28.2 Å². The predicted octanol–water partition coefficient (Wildman–Crippen LogP) is 2.20. The molecule has 0 radical (unpaired) electrons. The van der Waals surface area contributed by atoms with Crippen LogP contribution in [0.15, 0.2) is 28.2 Å². The molecule has 1 aliphatic carbocycles. The van der Waals surface area contributed by atoms with Crippen LogP contribution in [-0.2, 0) is 0 Å². The molecule has 1 aliphatic rings. The summed E-state index contributed by atoms with van der Waals surface area (Å²) in [4.78, 5) is 8.06. The molecule has 0 aromatic heterocycles. The van der Waals surface area contributed by atoms with E-state index in [1.54, 1.807) is 18.2 Å². The molecule has 7 heteroatoms. The molecule has 0 saturated heterocycles. The lowest BCUT2D eigenvalue weighted by Crippen LogP contribution is -2.26. The normalized spacial score (nSPS) is 16.8. The summed E-state index contributed by atoms with van der Waals surface area (Å²) in [6.07, 6.45) is 2.11. The molecule has 0 atom stereocenters. The molecule has 0 unspecified atom stereocenters. The smallest absolute Gasteiger partial charge is 0.218 e. The van der Waals surface area contributed by atoms with Crippen LogP contribution in [-0.4, -0.2) is 18.0 Å². The van der Waals surface area contributed by atoms with Crippen LogP contribution in [0.3, 0.4) is 0 Å². The van der Waals surface area contributed by atoms with Gasteiger partial charge in [0, 0.05) is 0 Å². The molecule has 1 aromatic rings. The number of nitrogens with two attached hydrogens (primary N) is 2. The van der Waals surface area contributed by atoms with E-state index in [1.165, 1.54) is 0 Å². The van der Waals surface area contributed by atoms with Crippen molar-refractivity contribution in [2.45, 2.75) is 18.9 Å². The molecule has 1 saturated carbocycles. The van der Waals surface area contributed by atoms with Gasteiger partial charge < -0.3 is 16.8 Å². The Morgan fingerprint density at radius 2 is 1.83 bits per heavy atom. The molecule has 96 valence electrons. The van der Waals surface area contributed by atoms with Crippen molar-refractivity contribution in [2.75, 3.05) is 5.32 Å². The molecule has 1 fully saturated rings. The van der Waals surface area contributed by atoms with Gasteiger partial charge in [-0.3, -0.25) is 0 Å². The third-order valence-corrected chi connectivity index (χ3v) is 2.94. The van der Waals surface area contributed by atoms with Crippen molar-refractivity contribution in [2.24, 2.45) is 21.5 Å². The maximum Gasteiger partial charge on any atom is 0.218 e. The summed E-state index contributed by atoms with van der Waals surface area (Å²) in [7, 11) is 0. The van der Waals surface area contributed by atoms with Crippen molar-refractivity contribution >= 4 is 40.8 Å². The first kappa shape index (κ1) is 13.0. The van der Waals surface area contributed by atoms with Gasteiger partial charge in [-0.2, -0.15) is 4.99 Å². The molecule has 0 spiro atoms. The highest BCUT2D eigenvalue weighted by atomic mass is 35.5. The second-order valence-electron chi connectivity index (χ2n) is 3.94. The van der Waals surface area contributed by atoms with E-state index in [0.717, 1.165) is 12.8 Å². The lowest BCUT2D eigenvalue weighted by atomic mass is 10.3. The van der Waals surface area contributed by atoms with E-state index in [4.69, 9.17) is 34.7 Å². The van der Waals surface area contributed by atoms with Gasteiger partial charge in [0.05, 0.1) is 21.8 Å². The zero-order chi connectivity index (χ0) is 13.1. The molecule has 0 heterocycles. The minimum atomic E-state index is 0.104. The Balaban J connectivity index is 2.10. The molecule has 0 bridgehead atoms. The summed E-state index contributed by atoms with van der Waals surface area (Å²) in [5, 5.41) is 3.72. The largest absolute Gasteiger partial charge is 0.369 e. The predicted molar refractivity (Wildman–Crippen MR) is 76.4 cm³/mol. The Morgan fingerprint density at radius 3 is 2.39 bits per heavy atom. The summed E-state index contributed by atoms with van der Waals surface area (Å²) in [6, 6.07) is 5.44. The molecular weight excluding hydrogens is 273 g/mol. The summed E-state index contributed by atoms with van der Waals surface area (Å²) >= 11 is 12.0. The van der Waals surface area contributed by atoms with Crippen LogP contribution in [0.5, 0.6) is 0 Å². The van der Waals surface area contributed by atoms with E-state index in [2.05, 4.69) is 15.3 Å². The molecule has 0 aliphatic heterocycles. The second-order valence-corrected chi connectivity index (χ2v) is 4.75. The topological polar surface area (TPSA) is 88.8 Å². The van der Waals surface area contributed by atoms with Gasteiger partial charge in [0.25, 0.3) is 0 Å². The van der Waals surface area contributed by atoms with E-state index < -0.39 is 0 Å². The first-order valence-electron chi connectivity index (χ1n) is 5.44. The van der Waals surface area contributed by atoms with Crippen molar-refractivity contribution in [1.29, 1.82) is 0 Å². The second kappa shape index (κ2) is 5.46. The van der Waals surface area contributed by atoms with Crippen LogP contribution in [0.2, 0.25) is 10.0 Å². The monoisotopic (exact) mass is 285 g/mol. The Hall–Kier alpha value is -1.46. The molecule has 0 amide bonds. The Morgan fingerprint density at radius 1 is 1.22 bits per heavy atom. The van der Waals surface area contributed by atoms with E-state index in [1.807, 2.05) is 0 Å². The van der Waals surface area contributed by atoms with Gasteiger partial charge in [0.1, 0.15) is 0 Å². The zero-order valence-corrected chi connectivity index (χ0v) is 11.0. The van der Waals surface area contributed by atoms with Gasteiger partial charge in [-0.15, -0.1) is 0 Å². The SMILES string of the molecule is NC(=NC1CC1)N=C(N)Nc1c(Cl)cccc1Cl. The standard InChI is InChI=1S/C11H13Cl2N5/c12-7-2-1-3-8(13)9(7)17-11(15)18-10(14)16-6-4-5-6/h1-3,6H,4-5H2,(H5,14,15,16,17,18). The summed E-state index contributed by atoms with van der Waals surface area (Å²) in [6.45, 7) is 0. The van der Waals surface area contributed by atoms with Gasteiger partial charge in [0.15, 0.2) is 0 Å². The summed E-state index contributed by atoms with van der Waals surface area (Å²) in [5.74, 6) is 0.262. The first-order valence-corrected chi connectivity index (χ1v) is 6.20. The van der Waals surface area contributed by atoms with Gasteiger partial charge in [0.2, 0.25) is 11.9 Å². The number of hydrogen-bond donors (Lipinski definition) is 3. The minimum Gasteiger partial charge on any atom is -0.369 e. The van der Waals surface area contributed by atoms with Crippen LogP contribution < -0.4 is 16.8 Å². The Bertz CT molecular complexity index is 488. The highest BCUT2D eigenvalue weighted by molar-refractivity contribution is 6.39. The summed E-state index contributed by atoms with van der Waals surface area (Å²) < 4.78 is 0. The highest BCUT2D eigenvalue weighted by Gasteiger charge is 2.20.